The van der Waals surface area contributed by atoms with E-state index in [-0.39, 0.29) is 5.82 Å². The van der Waals surface area contributed by atoms with Crippen molar-refractivity contribution in [1.82, 2.24) is 0 Å². The van der Waals surface area contributed by atoms with E-state index < -0.39 is 0 Å². The molecule has 0 spiro atoms. The smallest absolute Gasteiger partial charge is 0.141 e. The van der Waals surface area contributed by atoms with E-state index >= 15 is 0 Å². The van der Waals surface area contributed by atoms with Crippen LogP contribution in [-0.4, -0.2) is 7.11 Å². The standard InChI is InChI=1S/C14H15FN2O/c1-18-14-6-5-12(8-13(14)16)17-9-10-3-2-4-11(15)7-10/h2-8,17H,9,16H2,1H3. The first-order chi connectivity index (χ1) is 8.69. The lowest BCUT2D eigenvalue weighted by Crippen LogP contribution is -2.01. The molecular weight excluding hydrogens is 231 g/mol. The summed E-state index contributed by atoms with van der Waals surface area (Å²) in [5, 5.41) is 3.18. The highest BCUT2D eigenvalue weighted by Crippen LogP contribution is 2.24. The molecule has 18 heavy (non-hydrogen) atoms. The van der Waals surface area contributed by atoms with E-state index in [0.717, 1.165) is 11.3 Å². The number of hydrogen-bond donors (Lipinski definition) is 2. The van der Waals surface area contributed by atoms with Crippen molar-refractivity contribution in [3.63, 3.8) is 0 Å². The first-order valence-corrected chi connectivity index (χ1v) is 5.61. The third-order valence-corrected chi connectivity index (χ3v) is 2.62. The molecule has 0 aromatic heterocycles. The normalized spacial score (nSPS) is 10.1. The van der Waals surface area contributed by atoms with Crippen LogP contribution < -0.4 is 15.8 Å². The average Bonchev–Trinajstić information content (AvgIpc) is 2.37. The predicted molar refractivity (Wildman–Crippen MR) is 71.1 cm³/mol. The molecule has 2 rings (SSSR count). The second-order valence-corrected chi connectivity index (χ2v) is 3.94. The summed E-state index contributed by atoms with van der Waals surface area (Å²) in [6.07, 6.45) is 0. The number of benzene rings is 2. The molecule has 0 aliphatic heterocycles. The Morgan fingerprint density at radius 1 is 1.22 bits per heavy atom. The highest BCUT2D eigenvalue weighted by molar-refractivity contribution is 5.62. The topological polar surface area (TPSA) is 47.3 Å². The van der Waals surface area contributed by atoms with Crippen LogP contribution in [0.15, 0.2) is 42.5 Å². The van der Waals surface area contributed by atoms with Crippen molar-refractivity contribution < 1.29 is 9.13 Å². The first kappa shape index (κ1) is 12.2. The van der Waals surface area contributed by atoms with Gasteiger partial charge in [-0.1, -0.05) is 12.1 Å². The number of ether oxygens (including phenoxy) is 1. The number of hydrogen-bond acceptors (Lipinski definition) is 3. The van der Waals surface area contributed by atoms with Crippen LogP contribution in [0, 0.1) is 5.82 Å². The Hall–Kier alpha value is -2.23. The van der Waals surface area contributed by atoms with E-state index in [1.54, 1.807) is 25.3 Å². The fourth-order valence-corrected chi connectivity index (χ4v) is 1.70. The SMILES string of the molecule is COc1ccc(NCc2cccc(F)c2)cc1N. The molecule has 0 aliphatic rings. The van der Waals surface area contributed by atoms with Crippen molar-refractivity contribution in [3.8, 4) is 5.75 Å². The molecule has 94 valence electrons. The Balaban J connectivity index is 2.04. The van der Waals surface area contributed by atoms with Gasteiger partial charge in [-0.15, -0.1) is 0 Å². The van der Waals surface area contributed by atoms with Gasteiger partial charge in [0.05, 0.1) is 12.8 Å². The van der Waals surface area contributed by atoms with Crippen LogP contribution in [0.2, 0.25) is 0 Å². The fourth-order valence-electron chi connectivity index (χ4n) is 1.70. The number of halogens is 1. The summed E-state index contributed by atoms with van der Waals surface area (Å²) in [6.45, 7) is 0.545. The van der Waals surface area contributed by atoms with Crippen molar-refractivity contribution in [2.24, 2.45) is 0 Å². The van der Waals surface area contributed by atoms with Gasteiger partial charge in [0.25, 0.3) is 0 Å². The minimum Gasteiger partial charge on any atom is -0.495 e. The molecular formula is C14H15FN2O. The zero-order valence-electron chi connectivity index (χ0n) is 10.1. The molecule has 0 saturated heterocycles. The highest BCUT2D eigenvalue weighted by Gasteiger charge is 2.01. The zero-order chi connectivity index (χ0) is 13.0. The number of nitrogens with two attached hydrogens (primary N) is 1. The summed E-state index contributed by atoms with van der Waals surface area (Å²) >= 11 is 0. The number of rotatable bonds is 4. The number of anilines is 2. The van der Waals surface area contributed by atoms with Crippen molar-refractivity contribution >= 4 is 11.4 Å². The van der Waals surface area contributed by atoms with Gasteiger partial charge in [0, 0.05) is 12.2 Å². The van der Waals surface area contributed by atoms with Crippen LogP contribution in [0.3, 0.4) is 0 Å². The van der Waals surface area contributed by atoms with Crippen molar-refractivity contribution in [2.75, 3.05) is 18.2 Å². The second-order valence-electron chi connectivity index (χ2n) is 3.94. The Kier molecular flexibility index (Phi) is 3.67. The van der Waals surface area contributed by atoms with E-state index in [4.69, 9.17) is 10.5 Å². The lowest BCUT2D eigenvalue weighted by Gasteiger charge is -2.09. The lowest BCUT2D eigenvalue weighted by atomic mass is 10.2. The minimum atomic E-state index is -0.233. The number of methoxy groups -OCH3 is 1. The molecule has 2 aromatic rings. The fraction of sp³-hybridized carbons (Fsp3) is 0.143. The molecule has 3 N–H and O–H groups in total. The maximum absolute atomic E-state index is 13.0. The summed E-state index contributed by atoms with van der Waals surface area (Å²) in [4.78, 5) is 0. The molecule has 0 aliphatic carbocycles. The number of nitrogen functional groups attached to an aromatic ring is 1. The van der Waals surface area contributed by atoms with Crippen molar-refractivity contribution in [2.45, 2.75) is 6.54 Å². The molecule has 3 nitrogen and oxygen atoms in total. The Labute approximate surface area is 105 Å². The molecule has 0 heterocycles. The largest absolute Gasteiger partial charge is 0.495 e. The van der Waals surface area contributed by atoms with Gasteiger partial charge < -0.3 is 15.8 Å². The van der Waals surface area contributed by atoms with E-state index in [1.807, 2.05) is 12.1 Å². The molecule has 0 atom stereocenters. The molecule has 4 heteroatoms. The quantitative estimate of drug-likeness (QED) is 0.815. The third-order valence-electron chi connectivity index (χ3n) is 2.62. The van der Waals surface area contributed by atoms with Gasteiger partial charge >= 0.3 is 0 Å². The van der Waals surface area contributed by atoms with Gasteiger partial charge in [0.1, 0.15) is 11.6 Å². The average molecular weight is 246 g/mol. The molecule has 0 fully saturated rings. The lowest BCUT2D eigenvalue weighted by molar-refractivity contribution is 0.417. The molecule has 2 aromatic carbocycles. The van der Waals surface area contributed by atoms with Crippen LogP contribution in [0.25, 0.3) is 0 Å². The van der Waals surface area contributed by atoms with Crippen LogP contribution in [0.4, 0.5) is 15.8 Å². The molecule has 0 amide bonds. The van der Waals surface area contributed by atoms with E-state index in [2.05, 4.69) is 5.32 Å². The van der Waals surface area contributed by atoms with Gasteiger partial charge in [-0.25, -0.2) is 4.39 Å². The van der Waals surface area contributed by atoms with Gasteiger partial charge in [0.15, 0.2) is 0 Å². The van der Waals surface area contributed by atoms with Crippen LogP contribution >= 0.6 is 0 Å². The third kappa shape index (κ3) is 2.91. The Morgan fingerprint density at radius 3 is 2.72 bits per heavy atom. The summed E-state index contributed by atoms with van der Waals surface area (Å²) in [5.74, 6) is 0.412. The Bertz CT molecular complexity index is 543. The predicted octanol–water partition coefficient (Wildman–Crippen LogP) is 3.03. The van der Waals surface area contributed by atoms with Crippen molar-refractivity contribution in [1.29, 1.82) is 0 Å². The minimum absolute atomic E-state index is 0.233. The molecule has 0 bridgehead atoms. The van der Waals surface area contributed by atoms with Gasteiger partial charge in [-0.05, 0) is 35.9 Å². The van der Waals surface area contributed by atoms with Gasteiger partial charge in [-0.2, -0.15) is 0 Å². The summed E-state index contributed by atoms with van der Waals surface area (Å²) < 4.78 is 18.1. The summed E-state index contributed by atoms with van der Waals surface area (Å²) in [7, 11) is 1.57. The highest BCUT2D eigenvalue weighted by atomic mass is 19.1. The zero-order valence-corrected chi connectivity index (χ0v) is 10.1. The second kappa shape index (κ2) is 5.40. The van der Waals surface area contributed by atoms with Crippen LogP contribution in [-0.2, 0) is 6.54 Å². The van der Waals surface area contributed by atoms with Gasteiger partial charge in [0.2, 0.25) is 0 Å². The van der Waals surface area contributed by atoms with E-state index in [1.165, 1.54) is 12.1 Å². The van der Waals surface area contributed by atoms with Crippen LogP contribution in [0.5, 0.6) is 5.75 Å². The molecule has 0 saturated carbocycles. The van der Waals surface area contributed by atoms with Crippen LogP contribution in [0.1, 0.15) is 5.56 Å². The molecule has 0 unspecified atom stereocenters. The summed E-state index contributed by atoms with van der Waals surface area (Å²) in [6, 6.07) is 11.9. The van der Waals surface area contributed by atoms with Crippen molar-refractivity contribution in [3.05, 3.63) is 53.8 Å². The maximum atomic E-state index is 13.0. The molecule has 0 radical (unpaired) electrons. The van der Waals surface area contributed by atoms with E-state index in [9.17, 15) is 4.39 Å². The Morgan fingerprint density at radius 2 is 2.06 bits per heavy atom. The number of nitrogens with one attached hydrogen (secondary N) is 1. The van der Waals surface area contributed by atoms with Gasteiger partial charge in [-0.3, -0.25) is 0 Å². The van der Waals surface area contributed by atoms with E-state index in [0.29, 0.717) is 18.0 Å². The maximum Gasteiger partial charge on any atom is 0.141 e. The first-order valence-electron chi connectivity index (χ1n) is 5.61. The summed E-state index contributed by atoms with van der Waals surface area (Å²) in [5.41, 5.74) is 8.12. The monoisotopic (exact) mass is 246 g/mol.